The van der Waals surface area contributed by atoms with Crippen LogP contribution in [-0.4, -0.2) is 14.8 Å². The fourth-order valence-electron chi connectivity index (χ4n) is 1.75. The third-order valence-corrected chi connectivity index (χ3v) is 2.91. The van der Waals surface area contributed by atoms with Crippen molar-refractivity contribution < 1.29 is 4.39 Å². The lowest BCUT2D eigenvalue weighted by atomic mass is 9.95. The average molecular weight is 268 g/mol. The summed E-state index contributed by atoms with van der Waals surface area (Å²) in [4.78, 5) is 0. The Morgan fingerprint density at radius 3 is 2.33 bits per heavy atom. The fourth-order valence-corrected chi connectivity index (χ4v) is 1.93. The van der Waals surface area contributed by atoms with Crippen LogP contribution in [0.1, 0.15) is 32.2 Å². The smallest absolute Gasteiger partial charge is 0.225 e. The van der Waals surface area contributed by atoms with Crippen molar-refractivity contribution in [3.05, 3.63) is 46.8 Å². The lowest BCUT2D eigenvalue weighted by Gasteiger charge is -2.19. The molecule has 0 aliphatic heterocycles. The molecule has 0 bridgehead atoms. The lowest BCUT2D eigenvalue weighted by molar-refractivity contribution is 0.509. The van der Waals surface area contributed by atoms with E-state index in [0.29, 0.717) is 11.8 Å². The van der Waals surface area contributed by atoms with Gasteiger partial charge in [-0.3, -0.25) is 4.57 Å². The Hall–Kier alpha value is -1.42. The summed E-state index contributed by atoms with van der Waals surface area (Å²) in [6.45, 7) is 6.69. The Balaban J connectivity index is 2.34. The summed E-state index contributed by atoms with van der Waals surface area (Å²) in [6.07, 6.45) is 0. The molecule has 0 spiro atoms. The van der Waals surface area contributed by atoms with Gasteiger partial charge in [0.25, 0.3) is 0 Å². The summed E-state index contributed by atoms with van der Waals surface area (Å²) in [5, 5.41) is 8.36. The first kappa shape index (κ1) is 13.0. The number of hydrogen-bond donors (Lipinski definition) is 0. The van der Waals surface area contributed by atoms with Gasteiger partial charge in [-0.25, -0.2) is 4.39 Å². The monoisotopic (exact) mass is 267 g/mol. The highest BCUT2D eigenvalue weighted by Crippen LogP contribution is 2.23. The molecule has 0 saturated heterocycles. The highest BCUT2D eigenvalue weighted by molar-refractivity contribution is 6.28. The fraction of sp³-hybridized carbons (Fsp3) is 0.385. The molecule has 18 heavy (non-hydrogen) atoms. The minimum atomic E-state index is -0.246. The zero-order valence-electron chi connectivity index (χ0n) is 10.6. The summed E-state index contributed by atoms with van der Waals surface area (Å²) < 4.78 is 14.7. The molecule has 1 aromatic carbocycles. The van der Waals surface area contributed by atoms with E-state index in [0.717, 1.165) is 11.4 Å². The van der Waals surface area contributed by atoms with Gasteiger partial charge in [0.15, 0.2) is 0 Å². The van der Waals surface area contributed by atoms with Crippen molar-refractivity contribution >= 4 is 11.6 Å². The van der Waals surface area contributed by atoms with E-state index in [1.807, 2.05) is 4.57 Å². The van der Waals surface area contributed by atoms with Gasteiger partial charge < -0.3 is 0 Å². The van der Waals surface area contributed by atoms with Crippen molar-refractivity contribution in [2.24, 2.45) is 0 Å². The third kappa shape index (κ3) is 2.70. The number of hydrogen-bond acceptors (Lipinski definition) is 2. The van der Waals surface area contributed by atoms with Crippen LogP contribution in [0.25, 0.3) is 0 Å². The van der Waals surface area contributed by atoms with E-state index in [9.17, 15) is 4.39 Å². The quantitative estimate of drug-likeness (QED) is 0.835. The van der Waals surface area contributed by atoms with E-state index in [-0.39, 0.29) is 11.2 Å². The van der Waals surface area contributed by atoms with Crippen molar-refractivity contribution in [1.29, 1.82) is 0 Å². The number of benzene rings is 1. The molecule has 0 aliphatic carbocycles. The molecule has 2 aromatic rings. The predicted molar refractivity (Wildman–Crippen MR) is 69.2 cm³/mol. The molecular weight excluding hydrogens is 253 g/mol. The van der Waals surface area contributed by atoms with Crippen molar-refractivity contribution in [3.63, 3.8) is 0 Å². The predicted octanol–water partition coefficient (Wildman–Crippen LogP) is 3.42. The second-order valence-electron chi connectivity index (χ2n) is 5.26. The molecular formula is C13H15ClFN3. The first-order valence-electron chi connectivity index (χ1n) is 5.71. The van der Waals surface area contributed by atoms with Gasteiger partial charge in [0.05, 0.1) is 6.54 Å². The Labute approximate surface area is 111 Å². The van der Waals surface area contributed by atoms with E-state index in [2.05, 4.69) is 31.0 Å². The average Bonchev–Trinajstić information content (AvgIpc) is 2.63. The Bertz CT molecular complexity index is 540. The molecule has 0 radical (unpaired) electrons. The Kier molecular flexibility index (Phi) is 3.39. The number of aromatic nitrogens is 3. The first-order valence-corrected chi connectivity index (χ1v) is 6.09. The molecule has 2 rings (SSSR count). The molecule has 0 saturated carbocycles. The van der Waals surface area contributed by atoms with Gasteiger partial charge in [0.2, 0.25) is 5.28 Å². The maximum atomic E-state index is 12.9. The van der Waals surface area contributed by atoms with Gasteiger partial charge in [0.1, 0.15) is 11.6 Å². The van der Waals surface area contributed by atoms with Crippen LogP contribution in [0.15, 0.2) is 24.3 Å². The van der Waals surface area contributed by atoms with Gasteiger partial charge in [-0.15, -0.1) is 10.2 Å². The van der Waals surface area contributed by atoms with E-state index in [4.69, 9.17) is 11.6 Å². The van der Waals surface area contributed by atoms with Crippen LogP contribution in [0.3, 0.4) is 0 Å². The van der Waals surface area contributed by atoms with E-state index in [1.165, 1.54) is 12.1 Å². The Morgan fingerprint density at radius 1 is 1.17 bits per heavy atom. The van der Waals surface area contributed by atoms with Crippen molar-refractivity contribution in [1.82, 2.24) is 14.8 Å². The molecule has 0 amide bonds. The Morgan fingerprint density at radius 2 is 1.78 bits per heavy atom. The highest BCUT2D eigenvalue weighted by atomic mass is 35.5. The van der Waals surface area contributed by atoms with E-state index >= 15 is 0 Å². The standard InChI is InChI=1S/C13H15ClFN3/c1-13(2,3)11-16-17-12(14)18(11)8-9-4-6-10(15)7-5-9/h4-7H,8H2,1-3H3. The van der Waals surface area contributed by atoms with Crippen LogP contribution in [0.4, 0.5) is 4.39 Å². The number of halogens is 2. The second-order valence-corrected chi connectivity index (χ2v) is 5.59. The third-order valence-electron chi connectivity index (χ3n) is 2.63. The van der Waals surface area contributed by atoms with Crippen LogP contribution in [0, 0.1) is 5.82 Å². The second kappa shape index (κ2) is 4.69. The minimum absolute atomic E-state index is 0.139. The lowest BCUT2D eigenvalue weighted by Crippen LogP contribution is -2.19. The van der Waals surface area contributed by atoms with Gasteiger partial charge in [0, 0.05) is 5.41 Å². The van der Waals surface area contributed by atoms with Gasteiger partial charge in [-0.1, -0.05) is 32.9 Å². The SMILES string of the molecule is CC(C)(C)c1nnc(Cl)n1Cc1ccc(F)cc1. The maximum Gasteiger partial charge on any atom is 0.225 e. The van der Waals surface area contributed by atoms with E-state index < -0.39 is 0 Å². The normalized spacial score (nSPS) is 11.8. The van der Waals surface area contributed by atoms with E-state index in [1.54, 1.807) is 12.1 Å². The summed E-state index contributed by atoms with van der Waals surface area (Å²) in [6, 6.07) is 6.34. The topological polar surface area (TPSA) is 30.7 Å². The van der Waals surface area contributed by atoms with Crippen LogP contribution in [0.5, 0.6) is 0 Å². The van der Waals surface area contributed by atoms with Crippen LogP contribution in [0.2, 0.25) is 5.28 Å². The van der Waals surface area contributed by atoms with Crippen LogP contribution in [-0.2, 0) is 12.0 Å². The molecule has 0 fully saturated rings. The van der Waals surface area contributed by atoms with Crippen molar-refractivity contribution in [2.75, 3.05) is 0 Å². The molecule has 0 atom stereocenters. The first-order chi connectivity index (χ1) is 8.38. The maximum absolute atomic E-state index is 12.9. The largest absolute Gasteiger partial charge is 0.297 e. The molecule has 0 aliphatic rings. The number of nitrogens with zero attached hydrogens (tertiary/aromatic N) is 3. The molecule has 1 aromatic heterocycles. The van der Waals surface area contributed by atoms with Crippen molar-refractivity contribution in [2.45, 2.75) is 32.7 Å². The van der Waals surface area contributed by atoms with Crippen molar-refractivity contribution in [3.8, 4) is 0 Å². The van der Waals surface area contributed by atoms with Gasteiger partial charge in [-0.2, -0.15) is 0 Å². The molecule has 96 valence electrons. The number of rotatable bonds is 2. The summed E-state index contributed by atoms with van der Waals surface area (Å²) in [5.74, 6) is 0.571. The zero-order valence-corrected chi connectivity index (χ0v) is 11.4. The van der Waals surface area contributed by atoms with Crippen LogP contribution >= 0.6 is 11.6 Å². The van der Waals surface area contributed by atoms with Gasteiger partial charge in [-0.05, 0) is 29.3 Å². The molecule has 0 unspecified atom stereocenters. The molecule has 5 heteroatoms. The summed E-state index contributed by atoms with van der Waals surface area (Å²) in [5.41, 5.74) is 0.823. The summed E-state index contributed by atoms with van der Waals surface area (Å²) in [7, 11) is 0. The highest BCUT2D eigenvalue weighted by Gasteiger charge is 2.23. The van der Waals surface area contributed by atoms with Gasteiger partial charge >= 0.3 is 0 Å². The molecule has 3 nitrogen and oxygen atoms in total. The molecule has 0 N–H and O–H groups in total. The molecule has 1 heterocycles. The minimum Gasteiger partial charge on any atom is -0.297 e. The van der Waals surface area contributed by atoms with Crippen LogP contribution < -0.4 is 0 Å². The zero-order chi connectivity index (χ0) is 13.3. The summed E-state index contributed by atoms with van der Waals surface area (Å²) >= 11 is 6.05.